The second-order valence-corrected chi connectivity index (χ2v) is 11.3. The quantitative estimate of drug-likeness (QED) is 0.409. The summed E-state index contributed by atoms with van der Waals surface area (Å²) < 4.78 is 42.8. The summed E-state index contributed by atoms with van der Waals surface area (Å²) in [7, 11) is 1.21. The number of nitrogens with one attached hydrogen (secondary N) is 1. The number of thiophene rings is 1. The van der Waals surface area contributed by atoms with Crippen LogP contribution in [-0.2, 0) is 37.2 Å². The van der Waals surface area contributed by atoms with Gasteiger partial charge in [0.1, 0.15) is 5.00 Å². The lowest BCUT2D eigenvalue weighted by atomic mass is 10.0. The van der Waals surface area contributed by atoms with Gasteiger partial charge in [-0.05, 0) is 50.2 Å². The number of carbonyl (C=O) groups excluding carboxylic acids is 2. The number of likely N-dealkylation sites (N-methyl/N-ethyl adjacent to an activating group) is 1. The smallest absolute Gasteiger partial charge is 0.341 e. The highest BCUT2D eigenvalue weighted by atomic mass is 32.2. The fourth-order valence-electron chi connectivity index (χ4n) is 3.88. The number of fused-ring (bicyclic) bond motifs is 1. The first kappa shape index (κ1) is 28.2. The molecule has 1 N–H and O–H groups in total. The predicted octanol–water partition coefficient (Wildman–Crippen LogP) is 2.45. The molecule has 1 aliphatic heterocycles. The van der Waals surface area contributed by atoms with E-state index < -0.39 is 21.9 Å². The zero-order valence-corrected chi connectivity index (χ0v) is 22.7. The van der Waals surface area contributed by atoms with Gasteiger partial charge in [-0.3, -0.25) is 4.79 Å². The highest BCUT2D eigenvalue weighted by Gasteiger charge is 2.29. The highest BCUT2D eigenvalue weighted by Crippen LogP contribution is 2.37. The molecule has 1 aliphatic rings. The van der Waals surface area contributed by atoms with Crippen molar-refractivity contribution in [2.45, 2.75) is 24.8 Å². The first-order valence-electron chi connectivity index (χ1n) is 11.6. The van der Waals surface area contributed by atoms with Gasteiger partial charge >= 0.3 is 5.97 Å². The number of hydrogen-bond donors (Lipinski definition) is 1. The molecule has 0 saturated heterocycles. The summed E-state index contributed by atoms with van der Waals surface area (Å²) in [6.07, 6.45) is 0.696. The van der Waals surface area contributed by atoms with E-state index in [1.165, 1.54) is 54.1 Å². The molecule has 1 amide bonds. The molecule has 3 rings (SSSR count). The molecule has 10 nitrogen and oxygen atoms in total. The van der Waals surface area contributed by atoms with Gasteiger partial charge in [0.05, 0.1) is 30.3 Å². The summed E-state index contributed by atoms with van der Waals surface area (Å²) in [5.41, 5.74) is 1.59. The Morgan fingerprint density at radius 2 is 1.75 bits per heavy atom. The summed E-state index contributed by atoms with van der Waals surface area (Å²) >= 11 is 1.37. The number of hydrogen-bond acceptors (Lipinski definition) is 9. The minimum absolute atomic E-state index is 0.0630. The van der Waals surface area contributed by atoms with Gasteiger partial charge in [0.15, 0.2) is 0 Å². The van der Waals surface area contributed by atoms with Crippen LogP contribution in [0.2, 0.25) is 0 Å². The van der Waals surface area contributed by atoms with Crippen LogP contribution in [0.4, 0.5) is 5.00 Å². The van der Waals surface area contributed by atoms with E-state index in [9.17, 15) is 18.0 Å². The van der Waals surface area contributed by atoms with Crippen molar-refractivity contribution in [3.63, 3.8) is 0 Å². The van der Waals surface area contributed by atoms with E-state index in [-0.39, 0.29) is 43.4 Å². The molecule has 0 bridgehead atoms. The van der Waals surface area contributed by atoms with Crippen molar-refractivity contribution in [3.8, 4) is 0 Å². The van der Waals surface area contributed by atoms with Crippen LogP contribution in [0.15, 0.2) is 29.2 Å². The lowest BCUT2D eigenvalue weighted by molar-refractivity contribution is 0.0526. The van der Waals surface area contributed by atoms with Gasteiger partial charge in [-0.2, -0.15) is 4.31 Å². The summed E-state index contributed by atoms with van der Waals surface area (Å²) in [5.74, 6) is -0.893. The Bertz CT molecular complexity index is 1160. The van der Waals surface area contributed by atoms with Crippen LogP contribution >= 0.6 is 11.3 Å². The lowest BCUT2D eigenvalue weighted by Gasteiger charge is -2.22. The zero-order chi connectivity index (χ0) is 26.3. The monoisotopic (exact) mass is 539 g/mol. The number of esters is 1. The number of nitrogens with zero attached hydrogens (tertiary/aromatic N) is 2. The van der Waals surface area contributed by atoms with Crippen LogP contribution in [0.5, 0.6) is 0 Å². The van der Waals surface area contributed by atoms with Gasteiger partial charge in [-0.15, -0.1) is 11.3 Å². The lowest BCUT2D eigenvalue weighted by Crippen LogP contribution is -2.36. The molecule has 1 aromatic carbocycles. The van der Waals surface area contributed by atoms with Gasteiger partial charge in [-0.25, -0.2) is 13.2 Å². The Kier molecular flexibility index (Phi) is 10.00. The van der Waals surface area contributed by atoms with E-state index in [1.54, 1.807) is 6.92 Å². The van der Waals surface area contributed by atoms with Crippen LogP contribution in [0.1, 0.15) is 38.1 Å². The molecule has 0 spiro atoms. The third kappa shape index (κ3) is 6.50. The van der Waals surface area contributed by atoms with Crippen molar-refractivity contribution in [1.82, 2.24) is 9.21 Å². The van der Waals surface area contributed by atoms with Crippen molar-refractivity contribution in [1.29, 1.82) is 0 Å². The molecule has 0 saturated carbocycles. The Labute approximate surface area is 216 Å². The molecule has 2 aromatic rings. The van der Waals surface area contributed by atoms with Gasteiger partial charge in [0.25, 0.3) is 5.91 Å². The molecular weight excluding hydrogens is 506 g/mol. The van der Waals surface area contributed by atoms with Gasteiger partial charge in [0.2, 0.25) is 10.0 Å². The average Bonchev–Trinajstić information content (AvgIpc) is 3.20. The molecule has 0 unspecified atom stereocenters. The molecule has 0 radical (unpaired) electrons. The number of rotatable bonds is 12. The third-order valence-electron chi connectivity index (χ3n) is 5.80. The largest absolute Gasteiger partial charge is 0.462 e. The van der Waals surface area contributed by atoms with Crippen LogP contribution < -0.4 is 5.32 Å². The molecule has 2 heterocycles. The minimum Gasteiger partial charge on any atom is -0.462 e. The fraction of sp³-hybridized carbons (Fsp3) is 0.500. The number of ether oxygens (including phenoxy) is 3. The highest BCUT2D eigenvalue weighted by molar-refractivity contribution is 7.89. The maximum absolute atomic E-state index is 13.1. The maximum atomic E-state index is 13.1. The Balaban J connectivity index is 1.82. The minimum atomic E-state index is -3.80. The molecule has 198 valence electrons. The maximum Gasteiger partial charge on any atom is 0.341 e. The van der Waals surface area contributed by atoms with Gasteiger partial charge < -0.3 is 24.4 Å². The van der Waals surface area contributed by atoms with Crippen molar-refractivity contribution < 1.29 is 32.2 Å². The van der Waals surface area contributed by atoms with Crippen LogP contribution in [0.3, 0.4) is 0 Å². The third-order valence-corrected chi connectivity index (χ3v) is 8.84. The molecule has 0 atom stereocenters. The number of methoxy groups -OCH3 is 2. The Morgan fingerprint density at radius 1 is 1.11 bits per heavy atom. The van der Waals surface area contributed by atoms with E-state index in [4.69, 9.17) is 14.2 Å². The first-order valence-corrected chi connectivity index (χ1v) is 13.9. The van der Waals surface area contributed by atoms with Gasteiger partial charge in [0, 0.05) is 50.8 Å². The van der Waals surface area contributed by atoms with E-state index in [0.29, 0.717) is 23.5 Å². The van der Waals surface area contributed by atoms with Crippen molar-refractivity contribution in [2.24, 2.45) is 0 Å². The molecule has 12 heteroatoms. The summed E-state index contributed by atoms with van der Waals surface area (Å²) in [4.78, 5) is 29.0. The number of carbonyl (C=O) groups is 2. The predicted molar refractivity (Wildman–Crippen MR) is 137 cm³/mol. The molecule has 0 fully saturated rings. The number of amides is 1. The normalized spacial score (nSPS) is 14.0. The summed E-state index contributed by atoms with van der Waals surface area (Å²) in [5, 5.41) is 3.29. The van der Waals surface area contributed by atoms with Crippen LogP contribution in [0, 0.1) is 0 Å². The fourth-order valence-corrected chi connectivity index (χ4v) is 6.60. The second-order valence-electron chi connectivity index (χ2n) is 8.28. The van der Waals surface area contributed by atoms with E-state index in [2.05, 4.69) is 10.2 Å². The average molecular weight is 540 g/mol. The zero-order valence-electron chi connectivity index (χ0n) is 21.0. The van der Waals surface area contributed by atoms with Crippen molar-refractivity contribution in [2.75, 3.05) is 66.0 Å². The number of sulfonamides is 1. The molecule has 36 heavy (non-hydrogen) atoms. The Hall–Kier alpha value is -2.35. The summed E-state index contributed by atoms with van der Waals surface area (Å²) in [6, 6.07) is 5.71. The van der Waals surface area contributed by atoms with Gasteiger partial charge in [-0.1, -0.05) is 0 Å². The van der Waals surface area contributed by atoms with Crippen molar-refractivity contribution >= 4 is 38.2 Å². The molecule has 0 aliphatic carbocycles. The first-order chi connectivity index (χ1) is 17.2. The number of anilines is 1. The van der Waals surface area contributed by atoms with E-state index in [1.807, 2.05) is 7.05 Å². The SMILES string of the molecule is CCOC(=O)c1c(NC(=O)c2ccc(S(=O)(=O)N(CCOC)CCOC)cc2)sc2c1CCN(C)C2. The topological polar surface area (TPSA) is 114 Å². The molecule has 1 aromatic heterocycles. The van der Waals surface area contributed by atoms with Crippen LogP contribution in [0.25, 0.3) is 0 Å². The van der Waals surface area contributed by atoms with Crippen LogP contribution in [-0.4, -0.2) is 90.2 Å². The summed E-state index contributed by atoms with van der Waals surface area (Å²) in [6.45, 7) is 4.32. The van der Waals surface area contributed by atoms with E-state index >= 15 is 0 Å². The van der Waals surface area contributed by atoms with E-state index in [0.717, 1.165) is 17.0 Å². The van der Waals surface area contributed by atoms with Crippen molar-refractivity contribution in [3.05, 3.63) is 45.8 Å². The standard InChI is InChI=1S/C24H33N3O7S2/c1-5-34-24(29)21-19-10-11-26(2)16-20(19)35-23(21)25-22(28)17-6-8-18(9-7-17)36(30,31)27(12-14-32-3)13-15-33-4/h6-9H,5,10-16H2,1-4H3,(H,25,28). The Morgan fingerprint density at radius 3 is 2.33 bits per heavy atom. The number of benzene rings is 1. The molecular formula is C24H33N3O7S2. The second kappa shape index (κ2) is 12.7.